The fourth-order valence-corrected chi connectivity index (χ4v) is 1.42. The molecule has 0 aromatic heterocycles. The van der Waals surface area contributed by atoms with Crippen molar-refractivity contribution >= 4 is 5.84 Å². The molecule has 1 aromatic carbocycles. The Kier molecular flexibility index (Phi) is 4.58. The quantitative estimate of drug-likeness (QED) is 0.485. The first-order valence-corrected chi connectivity index (χ1v) is 5.54. The van der Waals surface area contributed by atoms with Crippen LogP contribution in [0.3, 0.4) is 0 Å². The molecule has 0 atom stereocenters. The molecule has 3 N–H and O–H groups in total. The molecule has 0 aliphatic carbocycles. The zero-order chi connectivity index (χ0) is 13.8. The maximum absolute atomic E-state index is 12.8. The van der Waals surface area contributed by atoms with Gasteiger partial charge in [0, 0.05) is 5.56 Å². The van der Waals surface area contributed by atoms with Gasteiger partial charge in [0.25, 0.3) is 0 Å². The summed E-state index contributed by atoms with van der Waals surface area (Å²) in [6.45, 7) is 2.33. The SMILES string of the molecule is CCCCOc1ccc(C(=N)N)c(C(F)(F)F)c1. The van der Waals surface area contributed by atoms with Crippen molar-refractivity contribution in [3.63, 3.8) is 0 Å². The first kappa shape index (κ1) is 14.3. The highest BCUT2D eigenvalue weighted by Gasteiger charge is 2.34. The Morgan fingerprint density at radius 1 is 1.39 bits per heavy atom. The normalized spacial score (nSPS) is 11.3. The fraction of sp³-hybridized carbons (Fsp3) is 0.417. The van der Waals surface area contributed by atoms with Crippen LogP contribution >= 0.6 is 0 Å². The van der Waals surface area contributed by atoms with Gasteiger partial charge in [-0.3, -0.25) is 5.41 Å². The van der Waals surface area contributed by atoms with E-state index in [1.807, 2.05) is 6.92 Å². The second-order valence-corrected chi connectivity index (χ2v) is 3.82. The average molecular weight is 260 g/mol. The maximum atomic E-state index is 12.8. The minimum atomic E-state index is -4.55. The Balaban J connectivity index is 3.02. The van der Waals surface area contributed by atoms with Crippen LogP contribution < -0.4 is 10.5 Å². The van der Waals surface area contributed by atoms with Crippen LogP contribution in [-0.4, -0.2) is 12.4 Å². The Morgan fingerprint density at radius 2 is 2.06 bits per heavy atom. The van der Waals surface area contributed by atoms with Gasteiger partial charge in [0.15, 0.2) is 0 Å². The number of benzene rings is 1. The van der Waals surface area contributed by atoms with Crippen LogP contribution in [0.1, 0.15) is 30.9 Å². The van der Waals surface area contributed by atoms with Gasteiger partial charge in [-0.15, -0.1) is 0 Å². The van der Waals surface area contributed by atoms with Crippen molar-refractivity contribution in [1.82, 2.24) is 0 Å². The smallest absolute Gasteiger partial charge is 0.417 e. The topological polar surface area (TPSA) is 59.1 Å². The Bertz CT molecular complexity index is 430. The molecule has 0 unspecified atom stereocenters. The molecule has 0 fully saturated rings. The molecule has 0 saturated heterocycles. The Labute approximate surface area is 103 Å². The summed E-state index contributed by atoms with van der Waals surface area (Å²) in [4.78, 5) is 0. The highest BCUT2D eigenvalue weighted by Crippen LogP contribution is 2.34. The van der Waals surface area contributed by atoms with E-state index in [4.69, 9.17) is 15.9 Å². The predicted octanol–water partition coefficient (Wildman–Crippen LogP) is 3.17. The van der Waals surface area contributed by atoms with Gasteiger partial charge in [-0.2, -0.15) is 13.2 Å². The standard InChI is InChI=1S/C12H15F3N2O/c1-2-3-6-18-8-4-5-9(11(16)17)10(7-8)12(13,14)15/h4-5,7H,2-3,6H2,1H3,(H3,16,17). The Morgan fingerprint density at radius 3 is 2.56 bits per heavy atom. The van der Waals surface area contributed by atoms with E-state index in [0.717, 1.165) is 25.0 Å². The van der Waals surface area contributed by atoms with Crippen LogP contribution in [-0.2, 0) is 6.18 Å². The molecule has 0 heterocycles. The second-order valence-electron chi connectivity index (χ2n) is 3.82. The van der Waals surface area contributed by atoms with Crippen LogP contribution in [0.2, 0.25) is 0 Å². The average Bonchev–Trinajstić information content (AvgIpc) is 2.28. The lowest BCUT2D eigenvalue weighted by atomic mass is 10.1. The largest absolute Gasteiger partial charge is 0.494 e. The number of halogens is 3. The summed E-state index contributed by atoms with van der Waals surface area (Å²) in [5, 5.41) is 7.13. The van der Waals surface area contributed by atoms with Crippen molar-refractivity contribution in [2.75, 3.05) is 6.61 Å². The number of rotatable bonds is 5. The summed E-state index contributed by atoms with van der Waals surface area (Å²) in [5.74, 6) is -0.469. The van der Waals surface area contributed by atoms with Gasteiger partial charge in [0.05, 0.1) is 12.2 Å². The summed E-state index contributed by atoms with van der Waals surface area (Å²) < 4.78 is 43.5. The molecule has 0 aliphatic heterocycles. The lowest BCUT2D eigenvalue weighted by Gasteiger charge is -2.14. The first-order chi connectivity index (χ1) is 8.36. The lowest BCUT2D eigenvalue weighted by Crippen LogP contribution is -2.19. The van der Waals surface area contributed by atoms with E-state index >= 15 is 0 Å². The summed E-state index contributed by atoms with van der Waals surface area (Å²) in [6, 6.07) is 3.43. The summed E-state index contributed by atoms with van der Waals surface area (Å²) in [7, 11) is 0. The molecule has 0 spiro atoms. The molecule has 18 heavy (non-hydrogen) atoms. The van der Waals surface area contributed by atoms with Crippen molar-refractivity contribution in [2.24, 2.45) is 5.73 Å². The van der Waals surface area contributed by atoms with Gasteiger partial charge in [-0.1, -0.05) is 13.3 Å². The highest BCUT2D eigenvalue weighted by atomic mass is 19.4. The fourth-order valence-electron chi connectivity index (χ4n) is 1.42. The zero-order valence-electron chi connectivity index (χ0n) is 9.97. The molecule has 3 nitrogen and oxygen atoms in total. The molecule has 0 aliphatic rings. The summed E-state index contributed by atoms with van der Waals surface area (Å²) in [5.41, 5.74) is 3.86. The van der Waals surface area contributed by atoms with Crippen LogP contribution in [0.25, 0.3) is 0 Å². The third-order valence-electron chi connectivity index (χ3n) is 2.35. The second kappa shape index (κ2) is 5.75. The highest BCUT2D eigenvalue weighted by molar-refractivity contribution is 5.96. The maximum Gasteiger partial charge on any atom is 0.417 e. The third-order valence-corrected chi connectivity index (χ3v) is 2.35. The van der Waals surface area contributed by atoms with E-state index in [9.17, 15) is 13.2 Å². The number of alkyl halides is 3. The number of unbranched alkanes of at least 4 members (excludes halogenated alkanes) is 1. The van der Waals surface area contributed by atoms with Crippen LogP contribution in [0.4, 0.5) is 13.2 Å². The summed E-state index contributed by atoms with van der Waals surface area (Å²) >= 11 is 0. The number of nitrogens with two attached hydrogens (primary N) is 1. The molecule has 0 amide bonds. The molecule has 100 valence electrons. The van der Waals surface area contributed by atoms with E-state index in [2.05, 4.69) is 0 Å². The van der Waals surface area contributed by atoms with Crippen LogP contribution in [0.15, 0.2) is 18.2 Å². The molecule has 1 rings (SSSR count). The minimum absolute atomic E-state index is 0.140. The molecular weight excluding hydrogens is 245 g/mol. The minimum Gasteiger partial charge on any atom is -0.494 e. The van der Waals surface area contributed by atoms with E-state index < -0.39 is 17.6 Å². The van der Waals surface area contributed by atoms with Gasteiger partial charge in [0.2, 0.25) is 0 Å². The zero-order valence-corrected chi connectivity index (χ0v) is 9.97. The number of hydrogen-bond acceptors (Lipinski definition) is 2. The van der Waals surface area contributed by atoms with E-state index in [0.29, 0.717) is 6.61 Å². The molecule has 6 heteroatoms. The predicted molar refractivity (Wildman–Crippen MR) is 62.9 cm³/mol. The molecule has 0 saturated carbocycles. The number of amidine groups is 1. The first-order valence-electron chi connectivity index (χ1n) is 5.54. The number of nitrogens with one attached hydrogen (secondary N) is 1. The monoisotopic (exact) mass is 260 g/mol. The van der Waals surface area contributed by atoms with E-state index in [-0.39, 0.29) is 11.3 Å². The van der Waals surface area contributed by atoms with Crippen LogP contribution in [0.5, 0.6) is 5.75 Å². The Hall–Kier alpha value is -1.72. The van der Waals surface area contributed by atoms with Gasteiger partial charge in [-0.25, -0.2) is 0 Å². The number of ether oxygens (including phenoxy) is 1. The molecule has 0 radical (unpaired) electrons. The van der Waals surface area contributed by atoms with E-state index in [1.54, 1.807) is 0 Å². The van der Waals surface area contributed by atoms with Crippen molar-refractivity contribution < 1.29 is 17.9 Å². The van der Waals surface area contributed by atoms with Crippen LogP contribution in [0, 0.1) is 5.41 Å². The van der Waals surface area contributed by atoms with Crippen molar-refractivity contribution in [2.45, 2.75) is 25.9 Å². The third kappa shape index (κ3) is 3.65. The van der Waals surface area contributed by atoms with Gasteiger partial charge in [-0.05, 0) is 24.6 Å². The van der Waals surface area contributed by atoms with Crippen molar-refractivity contribution in [1.29, 1.82) is 5.41 Å². The number of hydrogen-bond donors (Lipinski definition) is 2. The van der Waals surface area contributed by atoms with Gasteiger partial charge < -0.3 is 10.5 Å². The molecular formula is C12H15F3N2O. The van der Waals surface area contributed by atoms with E-state index in [1.165, 1.54) is 6.07 Å². The van der Waals surface area contributed by atoms with Crippen molar-refractivity contribution in [3.8, 4) is 5.75 Å². The van der Waals surface area contributed by atoms with Gasteiger partial charge in [0.1, 0.15) is 11.6 Å². The summed E-state index contributed by atoms with van der Waals surface area (Å²) in [6.07, 6.45) is -2.88. The number of nitrogen functional groups attached to an aromatic ring is 1. The molecule has 0 bridgehead atoms. The lowest BCUT2D eigenvalue weighted by molar-refractivity contribution is -0.137. The molecule has 1 aromatic rings. The van der Waals surface area contributed by atoms with Crippen molar-refractivity contribution in [3.05, 3.63) is 29.3 Å². The van der Waals surface area contributed by atoms with Gasteiger partial charge >= 0.3 is 6.18 Å².